The predicted molar refractivity (Wildman–Crippen MR) is 74.8 cm³/mol. The molecule has 0 heterocycles. The second kappa shape index (κ2) is 7.21. The number of ether oxygens (including phenoxy) is 3. The van der Waals surface area contributed by atoms with Gasteiger partial charge >= 0.3 is 17.9 Å². The lowest BCUT2D eigenvalue weighted by Gasteiger charge is -2.14. The van der Waals surface area contributed by atoms with E-state index in [4.69, 9.17) is 0 Å². The molecule has 0 atom stereocenters. The largest absolute Gasteiger partial charge is 0.465 e. The topological polar surface area (TPSA) is 108 Å². The molecule has 1 aromatic rings. The molecule has 0 bridgehead atoms. The fraction of sp³-hybridized carbons (Fsp3) is 0.286. The van der Waals surface area contributed by atoms with Crippen LogP contribution in [0.15, 0.2) is 12.1 Å². The van der Waals surface area contributed by atoms with Crippen LogP contribution in [0.3, 0.4) is 0 Å². The number of methoxy groups -OCH3 is 3. The van der Waals surface area contributed by atoms with E-state index in [9.17, 15) is 19.2 Å². The average Bonchev–Trinajstić information content (AvgIpc) is 2.51. The highest BCUT2D eigenvalue weighted by atomic mass is 16.5. The molecule has 8 heteroatoms. The van der Waals surface area contributed by atoms with Gasteiger partial charge in [-0.2, -0.15) is 0 Å². The van der Waals surface area contributed by atoms with Gasteiger partial charge < -0.3 is 19.5 Å². The third-order valence-electron chi connectivity index (χ3n) is 2.67. The Morgan fingerprint density at radius 3 is 1.55 bits per heavy atom. The molecule has 8 nitrogen and oxygen atoms in total. The van der Waals surface area contributed by atoms with Gasteiger partial charge in [-0.15, -0.1) is 0 Å². The van der Waals surface area contributed by atoms with E-state index in [0.717, 1.165) is 33.5 Å². The average molecular weight is 309 g/mol. The van der Waals surface area contributed by atoms with E-state index in [-0.39, 0.29) is 22.4 Å². The number of nitrogens with one attached hydrogen (secondary N) is 1. The van der Waals surface area contributed by atoms with Crippen molar-refractivity contribution in [2.75, 3.05) is 26.6 Å². The highest BCUT2D eigenvalue weighted by Gasteiger charge is 2.24. The molecule has 0 aliphatic heterocycles. The van der Waals surface area contributed by atoms with E-state index in [0.29, 0.717) is 0 Å². The lowest BCUT2D eigenvalue weighted by Crippen LogP contribution is -2.18. The molecular weight excluding hydrogens is 294 g/mol. The summed E-state index contributed by atoms with van der Waals surface area (Å²) in [7, 11) is 3.41. The summed E-state index contributed by atoms with van der Waals surface area (Å²) in [5, 5.41) is 2.36. The first-order valence-corrected chi connectivity index (χ1v) is 6.06. The smallest absolute Gasteiger partial charge is 0.340 e. The SMILES string of the molecule is COC(=O)c1cc(C(=O)OC)c(NC(C)=O)c(C(=O)OC)c1. The summed E-state index contributed by atoms with van der Waals surface area (Å²) in [5.74, 6) is -2.94. The van der Waals surface area contributed by atoms with Gasteiger partial charge in [-0.3, -0.25) is 4.79 Å². The van der Waals surface area contributed by atoms with Crippen molar-refractivity contribution in [3.05, 3.63) is 28.8 Å². The maximum absolute atomic E-state index is 11.9. The fourth-order valence-electron chi connectivity index (χ4n) is 1.73. The number of esters is 3. The maximum atomic E-state index is 11.9. The number of hydrogen-bond acceptors (Lipinski definition) is 7. The first-order valence-electron chi connectivity index (χ1n) is 6.06. The third kappa shape index (κ3) is 3.60. The van der Waals surface area contributed by atoms with Crippen LogP contribution < -0.4 is 5.32 Å². The zero-order chi connectivity index (χ0) is 16.9. The van der Waals surface area contributed by atoms with Gasteiger partial charge in [0.05, 0.1) is 43.7 Å². The number of anilines is 1. The number of amides is 1. The van der Waals surface area contributed by atoms with Crippen molar-refractivity contribution in [1.29, 1.82) is 0 Å². The van der Waals surface area contributed by atoms with Crippen molar-refractivity contribution in [2.24, 2.45) is 0 Å². The van der Waals surface area contributed by atoms with E-state index in [2.05, 4.69) is 19.5 Å². The van der Waals surface area contributed by atoms with Gasteiger partial charge in [0.2, 0.25) is 5.91 Å². The Bertz CT molecular complexity index is 599. The van der Waals surface area contributed by atoms with Gasteiger partial charge in [-0.25, -0.2) is 14.4 Å². The van der Waals surface area contributed by atoms with E-state index in [1.165, 1.54) is 6.92 Å². The first kappa shape index (κ1) is 17.2. The summed E-state index contributed by atoms with van der Waals surface area (Å²) >= 11 is 0. The number of benzene rings is 1. The van der Waals surface area contributed by atoms with Gasteiger partial charge in [0.25, 0.3) is 0 Å². The Labute approximate surface area is 126 Å². The normalized spacial score (nSPS) is 9.64. The van der Waals surface area contributed by atoms with E-state index in [1.807, 2.05) is 0 Å². The molecule has 118 valence electrons. The monoisotopic (exact) mass is 309 g/mol. The molecule has 1 rings (SSSR count). The molecule has 0 radical (unpaired) electrons. The van der Waals surface area contributed by atoms with Crippen LogP contribution in [-0.4, -0.2) is 45.1 Å². The summed E-state index contributed by atoms with van der Waals surface area (Å²) in [6.07, 6.45) is 0. The molecule has 1 aromatic carbocycles. The van der Waals surface area contributed by atoms with Crippen molar-refractivity contribution in [1.82, 2.24) is 0 Å². The van der Waals surface area contributed by atoms with Gasteiger partial charge in [0.1, 0.15) is 0 Å². The quantitative estimate of drug-likeness (QED) is 0.653. The molecule has 1 amide bonds. The van der Waals surface area contributed by atoms with E-state index < -0.39 is 23.8 Å². The number of hydrogen-bond donors (Lipinski definition) is 1. The minimum absolute atomic E-state index is 0.0580. The highest BCUT2D eigenvalue weighted by molar-refractivity contribution is 6.10. The first-order chi connectivity index (χ1) is 10.3. The summed E-state index contributed by atoms with van der Waals surface area (Å²) in [5.41, 5.74) is -0.488. The van der Waals surface area contributed by atoms with Crippen LogP contribution >= 0.6 is 0 Å². The minimum Gasteiger partial charge on any atom is -0.465 e. The van der Waals surface area contributed by atoms with Crippen molar-refractivity contribution >= 4 is 29.5 Å². The Kier molecular flexibility index (Phi) is 5.62. The molecule has 0 aromatic heterocycles. The third-order valence-corrected chi connectivity index (χ3v) is 2.67. The number of rotatable bonds is 4. The number of carbonyl (C=O) groups excluding carboxylic acids is 4. The summed E-state index contributed by atoms with van der Waals surface area (Å²) in [6.45, 7) is 1.20. The summed E-state index contributed by atoms with van der Waals surface area (Å²) in [6, 6.07) is 2.32. The van der Waals surface area contributed by atoms with Crippen molar-refractivity contribution in [3.63, 3.8) is 0 Å². The second-order valence-electron chi connectivity index (χ2n) is 4.10. The van der Waals surface area contributed by atoms with Gasteiger partial charge in [-0.1, -0.05) is 0 Å². The van der Waals surface area contributed by atoms with Crippen molar-refractivity contribution in [2.45, 2.75) is 6.92 Å². The zero-order valence-electron chi connectivity index (χ0n) is 12.5. The van der Waals surface area contributed by atoms with E-state index in [1.54, 1.807) is 0 Å². The van der Waals surface area contributed by atoms with Crippen LogP contribution in [0.2, 0.25) is 0 Å². The Hall–Kier alpha value is -2.90. The lowest BCUT2D eigenvalue weighted by molar-refractivity contribution is -0.114. The number of carbonyl (C=O) groups is 4. The van der Waals surface area contributed by atoms with Crippen LogP contribution in [0.25, 0.3) is 0 Å². The van der Waals surface area contributed by atoms with Crippen LogP contribution in [0.1, 0.15) is 38.0 Å². The molecule has 0 saturated heterocycles. The maximum Gasteiger partial charge on any atom is 0.340 e. The van der Waals surface area contributed by atoms with Gasteiger partial charge in [0.15, 0.2) is 0 Å². The molecule has 0 spiro atoms. The summed E-state index contributed by atoms with van der Waals surface area (Å²) < 4.78 is 13.8. The lowest BCUT2D eigenvalue weighted by atomic mass is 10.0. The molecule has 0 aliphatic rings. The van der Waals surface area contributed by atoms with Crippen molar-refractivity contribution in [3.8, 4) is 0 Å². The minimum atomic E-state index is -0.834. The van der Waals surface area contributed by atoms with Crippen LogP contribution in [0.4, 0.5) is 5.69 Å². The molecule has 22 heavy (non-hydrogen) atoms. The fourth-order valence-corrected chi connectivity index (χ4v) is 1.73. The van der Waals surface area contributed by atoms with Crippen molar-refractivity contribution < 1.29 is 33.4 Å². The molecule has 0 unspecified atom stereocenters. The zero-order valence-corrected chi connectivity index (χ0v) is 12.5. The molecule has 0 fully saturated rings. The Balaban J connectivity index is 3.67. The van der Waals surface area contributed by atoms with Gasteiger partial charge in [0, 0.05) is 6.92 Å². The Morgan fingerprint density at radius 1 is 0.818 bits per heavy atom. The molecular formula is C14H15NO7. The van der Waals surface area contributed by atoms with Crippen LogP contribution in [0.5, 0.6) is 0 Å². The van der Waals surface area contributed by atoms with E-state index >= 15 is 0 Å². The Morgan fingerprint density at radius 2 is 1.23 bits per heavy atom. The second-order valence-corrected chi connectivity index (χ2v) is 4.10. The van der Waals surface area contributed by atoms with Gasteiger partial charge in [-0.05, 0) is 12.1 Å². The highest BCUT2D eigenvalue weighted by Crippen LogP contribution is 2.26. The van der Waals surface area contributed by atoms with Crippen LogP contribution in [-0.2, 0) is 19.0 Å². The predicted octanol–water partition coefficient (Wildman–Crippen LogP) is 1.00. The molecule has 0 aliphatic carbocycles. The summed E-state index contributed by atoms with van der Waals surface area (Å²) in [4.78, 5) is 46.7. The standard InChI is InChI=1S/C14H15NO7/c1-7(16)15-11-9(13(18)21-3)5-8(12(17)20-2)6-10(11)14(19)22-4/h5-6H,1-4H3,(H,15,16). The van der Waals surface area contributed by atoms with Crippen LogP contribution in [0, 0.1) is 0 Å². The molecule has 0 saturated carbocycles. The molecule has 1 N–H and O–H groups in total.